The Morgan fingerprint density at radius 2 is 2.05 bits per heavy atom. The summed E-state index contributed by atoms with van der Waals surface area (Å²) in [6, 6.07) is 8.72. The van der Waals surface area contributed by atoms with Crippen molar-refractivity contribution in [1.82, 2.24) is 5.32 Å². The van der Waals surface area contributed by atoms with Gasteiger partial charge in [0, 0.05) is 6.54 Å². The van der Waals surface area contributed by atoms with Crippen LogP contribution in [0.15, 0.2) is 39.7 Å². The molecular weight excluding hydrogens is 278 g/mol. The summed E-state index contributed by atoms with van der Waals surface area (Å²) in [5, 5.41) is 5.74. The molecular formula is C17H21N3S. The Bertz CT molecular complexity index is 599. The fraction of sp³-hybridized carbons (Fsp3) is 0.412. The molecule has 110 valence electrons. The standard InChI is InChI=1S/C17H21N3S/c1-11(2)8-18-16-15-14(9-21-17(15)20-10-19-16)13-6-4-12(3)5-7-13/h4-7,9-11,15,17H,8H2,1-3H3,(H,18,19,20). The molecule has 1 aromatic rings. The van der Waals surface area contributed by atoms with E-state index in [1.54, 1.807) is 18.1 Å². The number of amidine groups is 1. The molecule has 4 heteroatoms. The first kappa shape index (κ1) is 14.4. The van der Waals surface area contributed by atoms with Crippen molar-refractivity contribution in [2.75, 3.05) is 6.54 Å². The summed E-state index contributed by atoms with van der Waals surface area (Å²) >= 11 is 1.79. The number of aryl methyl sites for hydroxylation is 1. The second-order valence-electron chi connectivity index (χ2n) is 5.99. The van der Waals surface area contributed by atoms with Crippen molar-refractivity contribution in [2.45, 2.75) is 26.1 Å². The molecule has 2 atom stereocenters. The number of hydrogen-bond donors (Lipinski definition) is 1. The number of aliphatic imine (C=N–C) groups is 2. The van der Waals surface area contributed by atoms with Crippen LogP contribution in [0, 0.1) is 18.8 Å². The maximum atomic E-state index is 4.78. The van der Waals surface area contributed by atoms with Gasteiger partial charge in [-0.3, -0.25) is 9.98 Å². The van der Waals surface area contributed by atoms with Crippen molar-refractivity contribution >= 4 is 29.5 Å². The third-order valence-corrected chi connectivity index (χ3v) is 4.76. The Balaban J connectivity index is 1.90. The molecule has 0 spiro atoms. The second kappa shape index (κ2) is 6.06. The van der Waals surface area contributed by atoms with Crippen molar-refractivity contribution in [3.05, 3.63) is 40.8 Å². The van der Waals surface area contributed by atoms with Crippen LogP contribution in [0.2, 0.25) is 0 Å². The van der Waals surface area contributed by atoms with Gasteiger partial charge in [0.05, 0.1) is 12.3 Å². The van der Waals surface area contributed by atoms with Crippen LogP contribution in [-0.4, -0.2) is 24.1 Å². The fourth-order valence-corrected chi connectivity index (χ4v) is 3.67. The Kier molecular flexibility index (Phi) is 4.15. The smallest absolute Gasteiger partial charge is 0.115 e. The van der Waals surface area contributed by atoms with Crippen LogP contribution in [0.5, 0.6) is 0 Å². The topological polar surface area (TPSA) is 36.8 Å². The van der Waals surface area contributed by atoms with Crippen LogP contribution in [0.1, 0.15) is 25.0 Å². The number of rotatable bonds is 3. The molecule has 0 radical (unpaired) electrons. The summed E-state index contributed by atoms with van der Waals surface area (Å²) in [4.78, 5) is 9.33. The lowest BCUT2D eigenvalue weighted by Crippen LogP contribution is -2.39. The van der Waals surface area contributed by atoms with Gasteiger partial charge < -0.3 is 5.32 Å². The highest BCUT2D eigenvalue weighted by atomic mass is 32.2. The van der Waals surface area contributed by atoms with E-state index >= 15 is 0 Å². The van der Waals surface area contributed by atoms with E-state index < -0.39 is 0 Å². The maximum absolute atomic E-state index is 4.78. The summed E-state index contributed by atoms with van der Waals surface area (Å²) in [7, 11) is 0. The minimum Gasteiger partial charge on any atom is -0.335 e. The van der Waals surface area contributed by atoms with E-state index in [-0.39, 0.29) is 11.3 Å². The average molecular weight is 299 g/mol. The number of nitrogens with one attached hydrogen (secondary N) is 1. The van der Waals surface area contributed by atoms with E-state index in [4.69, 9.17) is 4.99 Å². The first-order valence-corrected chi connectivity index (χ1v) is 8.34. The van der Waals surface area contributed by atoms with Crippen LogP contribution >= 0.6 is 11.8 Å². The van der Waals surface area contributed by atoms with E-state index in [0.29, 0.717) is 5.92 Å². The molecule has 0 aromatic heterocycles. The van der Waals surface area contributed by atoms with Crippen molar-refractivity contribution in [3.8, 4) is 0 Å². The zero-order chi connectivity index (χ0) is 14.8. The molecule has 3 rings (SSSR count). The maximum Gasteiger partial charge on any atom is 0.115 e. The minimum atomic E-state index is 0.230. The number of fused-ring (bicyclic) bond motifs is 1. The van der Waals surface area contributed by atoms with E-state index in [1.807, 2.05) is 0 Å². The van der Waals surface area contributed by atoms with E-state index in [9.17, 15) is 0 Å². The Morgan fingerprint density at radius 3 is 2.76 bits per heavy atom. The molecule has 0 saturated carbocycles. The SMILES string of the molecule is Cc1ccc(C2=CSC3N=CNC(=NCC(C)C)C23)cc1. The Hall–Kier alpha value is -1.55. The van der Waals surface area contributed by atoms with Crippen molar-refractivity contribution in [2.24, 2.45) is 21.8 Å². The third kappa shape index (κ3) is 3.05. The minimum absolute atomic E-state index is 0.230. The first-order valence-electron chi connectivity index (χ1n) is 7.40. The Labute approximate surface area is 130 Å². The van der Waals surface area contributed by atoms with Crippen LogP contribution in [0.25, 0.3) is 5.57 Å². The van der Waals surface area contributed by atoms with Crippen LogP contribution in [0.3, 0.4) is 0 Å². The van der Waals surface area contributed by atoms with Gasteiger partial charge in [0.1, 0.15) is 11.2 Å². The summed E-state index contributed by atoms with van der Waals surface area (Å²) in [5.74, 6) is 1.87. The molecule has 2 aliphatic heterocycles. The van der Waals surface area contributed by atoms with Crippen LogP contribution in [-0.2, 0) is 0 Å². The molecule has 0 amide bonds. The van der Waals surface area contributed by atoms with Gasteiger partial charge in [-0.1, -0.05) is 43.7 Å². The third-order valence-electron chi connectivity index (χ3n) is 3.69. The number of hydrogen-bond acceptors (Lipinski definition) is 3. The average Bonchev–Trinajstić information content (AvgIpc) is 2.90. The highest BCUT2D eigenvalue weighted by Crippen LogP contribution is 2.43. The molecule has 2 unspecified atom stereocenters. The summed E-state index contributed by atoms with van der Waals surface area (Å²) in [5.41, 5.74) is 3.89. The quantitative estimate of drug-likeness (QED) is 0.923. The predicted molar refractivity (Wildman–Crippen MR) is 92.8 cm³/mol. The molecule has 2 aliphatic rings. The molecule has 1 aromatic carbocycles. The Morgan fingerprint density at radius 1 is 1.29 bits per heavy atom. The number of nitrogens with zero attached hydrogens (tertiary/aromatic N) is 2. The molecule has 3 nitrogen and oxygen atoms in total. The molecule has 21 heavy (non-hydrogen) atoms. The van der Waals surface area contributed by atoms with Gasteiger partial charge in [0.25, 0.3) is 0 Å². The van der Waals surface area contributed by atoms with Gasteiger partial charge in [-0.25, -0.2) is 0 Å². The lowest BCUT2D eigenvalue weighted by atomic mass is 9.91. The van der Waals surface area contributed by atoms with Gasteiger partial charge in [0.15, 0.2) is 0 Å². The highest BCUT2D eigenvalue weighted by molar-refractivity contribution is 8.03. The highest BCUT2D eigenvalue weighted by Gasteiger charge is 2.36. The lowest BCUT2D eigenvalue weighted by molar-refractivity contribution is 0.656. The molecule has 0 saturated heterocycles. The van der Waals surface area contributed by atoms with Crippen LogP contribution < -0.4 is 5.32 Å². The molecule has 2 heterocycles. The van der Waals surface area contributed by atoms with Crippen molar-refractivity contribution in [1.29, 1.82) is 0 Å². The van der Waals surface area contributed by atoms with E-state index in [0.717, 1.165) is 12.4 Å². The zero-order valence-electron chi connectivity index (χ0n) is 12.7. The summed E-state index contributed by atoms with van der Waals surface area (Å²) < 4.78 is 0. The number of thioether (sulfide) groups is 1. The van der Waals surface area contributed by atoms with Crippen LogP contribution in [0.4, 0.5) is 0 Å². The second-order valence-corrected chi connectivity index (χ2v) is 6.98. The van der Waals surface area contributed by atoms with Gasteiger partial charge >= 0.3 is 0 Å². The van der Waals surface area contributed by atoms with E-state index in [1.165, 1.54) is 16.7 Å². The monoisotopic (exact) mass is 299 g/mol. The predicted octanol–water partition coefficient (Wildman–Crippen LogP) is 3.71. The summed E-state index contributed by atoms with van der Waals surface area (Å²) in [6.07, 6.45) is 1.79. The van der Waals surface area contributed by atoms with Gasteiger partial charge in [-0.2, -0.15) is 0 Å². The molecule has 1 N–H and O–H groups in total. The largest absolute Gasteiger partial charge is 0.335 e. The molecule has 0 aliphatic carbocycles. The summed E-state index contributed by atoms with van der Waals surface area (Å²) in [6.45, 7) is 7.36. The van der Waals surface area contributed by atoms with Crippen molar-refractivity contribution < 1.29 is 0 Å². The van der Waals surface area contributed by atoms with Gasteiger partial charge in [-0.05, 0) is 29.4 Å². The van der Waals surface area contributed by atoms with Crippen molar-refractivity contribution in [3.63, 3.8) is 0 Å². The normalized spacial score (nSPS) is 25.9. The first-order chi connectivity index (χ1) is 10.1. The lowest BCUT2D eigenvalue weighted by Gasteiger charge is -2.25. The van der Waals surface area contributed by atoms with Gasteiger partial charge in [-0.15, -0.1) is 11.8 Å². The van der Waals surface area contributed by atoms with Gasteiger partial charge in [0.2, 0.25) is 0 Å². The number of benzene rings is 1. The molecule has 0 fully saturated rings. The zero-order valence-corrected chi connectivity index (χ0v) is 13.5. The van der Waals surface area contributed by atoms with E-state index in [2.05, 4.69) is 60.8 Å². The molecule has 0 bridgehead atoms. The fourth-order valence-electron chi connectivity index (χ4n) is 2.54.